The monoisotopic (exact) mass is 400 g/mol. The molecule has 1 aromatic carbocycles. The van der Waals surface area contributed by atoms with Crippen molar-refractivity contribution in [1.29, 1.82) is 0 Å². The standard InChI is InChI=1S/C21H28N4O4/c26-20-6-3-10-23(20)11-4-9-22-21(27)17-14-15-13-16(25(28)29)7-8-18(15)24-12-2-1-5-19(17)24/h7-8,13,17,19H,1-6,9-12,14H2,(H,22,27)/t17-,19-/m1/s1. The summed E-state index contributed by atoms with van der Waals surface area (Å²) in [5.74, 6) is 0.0321. The molecule has 8 nitrogen and oxygen atoms in total. The summed E-state index contributed by atoms with van der Waals surface area (Å²) in [4.78, 5) is 39.6. The van der Waals surface area contributed by atoms with Gasteiger partial charge in [0.1, 0.15) is 0 Å². The van der Waals surface area contributed by atoms with E-state index in [1.807, 2.05) is 11.0 Å². The fraction of sp³-hybridized carbons (Fsp3) is 0.619. The van der Waals surface area contributed by atoms with Gasteiger partial charge in [0.15, 0.2) is 0 Å². The van der Waals surface area contributed by atoms with Gasteiger partial charge in [0.2, 0.25) is 11.8 Å². The van der Waals surface area contributed by atoms with Crippen LogP contribution in [0.25, 0.3) is 0 Å². The van der Waals surface area contributed by atoms with E-state index in [1.165, 1.54) is 0 Å². The van der Waals surface area contributed by atoms with Gasteiger partial charge >= 0.3 is 0 Å². The van der Waals surface area contributed by atoms with Gasteiger partial charge in [0.25, 0.3) is 5.69 Å². The van der Waals surface area contributed by atoms with E-state index in [0.29, 0.717) is 25.9 Å². The number of fused-ring (bicyclic) bond motifs is 3. The highest BCUT2D eigenvalue weighted by Gasteiger charge is 2.39. The van der Waals surface area contributed by atoms with Crippen molar-refractivity contribution >= 4 is 23.2 Å². The fourth-order valence-electron chi connectivity index (χ4n) is 5.00. The van der Waals surface area contributed by atoms with E-state index in [1.54, 1.807) is 12.1 Å². The number of nitro groups is 1. The van der Waals surface area contributed by atoms with Gasteiger partial charge in [-0.15, -0.1) is 0 Å². The van der Waals surface area contributed by atoms with Crippen molar-refractivity contribution in [3.8, 4) is 0 Å². The van der Waals surface area contributed by atoms with Crippen molar-refractivity contribution in [3.05, 3.63) is 33.9 Å². The number of hydrogen-bond donors (Lipinski definition) is 1. The lowest BCUT2D eigenvalue weighted by Gasteiger charge is -2.45. The number of nitrogens with one attached hydrogen (secondary N) is 1. The smallest absolute Gasteiger partial charge is 0.269 e. The quantitative estimate of drug-likeness (QED) is 0.449. The Morgan fingerprint density at radius 3 is 2.86 bits per heavy atom. The second-order valence-corrected chi connectivity index (χ2v) is 8.27. The van der Waals surface area contributed by atoms with Gasteiger partial charge in [-0.1, -0.05) is 0 Å². The molecule has 2 saturated heterocycles. The molecule has 3 aliphatic heterocycles. The normalized spacial score (nSPS) is 23.5. The van der Waals surface area contributed by atoms with Crippen LogP contribution in [0.2, 0.25) is 0 Å². The number of rotatable bonds is 6. The van der Waals surface area contributed by atoms with Gasteiger partial charge < -0.3 is 15.1 Å². The summed E-state index contributed by atoms with van der Waals surface area (Å²) in [6.45, 7) is 2.94. The number of nitro benzene ring substituents is 1. The molecule has 0 aliphatic carbocycles. The minimum absolute atomic E-state index is 0.0202. The highest BCUT2D eigenvalue weighted by atomic mass is 16.6. The summed E-state index contributed by atoms with van der Waals surface area (Å²) >= 11 is 0. The number of nitrogens with zero attached hydrogens (tertiary/aromatic N) is 3. The van der Waals surface area contributed by atoms with Crippen LogP contribution in [-0.4, -0.2) is 53.9 Å². The number of likely N-dealkylation sites (tertiary alicyclic amines) is 1. The summed E-state index contributed by atoms with van der Waals surface area (Å²) in [6, 6.07) is 5.18. The van der Waals surface area contributed by atoms with Crippen molar-refractivity contribution in [2.45, 2.75) is 51.0 Å². The molecule has 2 fully saturated rings. The fourth-order valence-corrected chi connectivity index (χ4v) is 5.00. The van der Waals surface area contributed by atoms with Gasteiger partial charge in [0.05, 0.1) is 10.8 Å². The van der Waals surface area contributed by atoms with Crippen LogP contribution in [-0.2, 0) is 16.0 Å². The highest BCUT2D eigenvalue weighted by Crippen LogP contribution is 2.39. The molecule has 29 heavy (non-hydrogen) atoms. The first-order valence-corrected chi connectivity index (χ1v) is 10.6. The summed E-state index contributed by atoms with van der Waals surface area (Å²) in [5, 5.41) is 14.2. The third-order valence-corrected chi connectivity index (χ3v) is 6.45. The Labute approximate surface area is 170 Å². The molecule has 0 bridgehead atoms. The van der Waals surface area contributed by atoms with Crippen molar-refractivity contribution in [3.63, 3.8) is 0 Å². The van der Waals surface area contributed by atoms with E-state index >= 15 is 0 Å². The van der Waals surface area contributed by atoms with Gasteiger partial charge in [0, 0.05) is 56.5 Å². The lowest BCUT2D eigenvalue weighted by molar-refractivity contribution is -0.384. The predicted molar refractivity (Wildman–Crippen MR) is 109 cm³/mol. The van der Waals surface area contributed by atoms with Gasteiger partial charge in [-0.3, -0.25) is 19.7 Å². The minimum atomic E-state index is -0.378. The van der Waals surface area contributed by atoms with Crippen LogP contribution in [0.1, 0.15) is 44.1 Å². The predicted octanol–water partition coefficient (Wildman–Crippen LogP) is 2.25. The van der Waals surface area contributed by atoms with E-state index in [2.05, 4.69) is 10.2 Å². The number of carbonyl (C=O) groups excluding carboxylic acids is 2. The molecule has 0 radical (unpaired) electrons. The Bertz CT molecular complexity index is 812. The lowest BCUT2D eigenvalue weighted by atomic mass is 9.80. The molecule has 2 atom stereocenters. The lowest BCUT2D eigenvalue weighted by Crippen LogP contribution is -2.53. The van der Waals surface area contributed by atoms with Crippen LogP contribution < -0.4 is 10.2 Å². The Morgan fingerprint density at radius 2 is 2.10 bits per heavy atom. The summed E-state index contributed by atoms with van der Waals surface area (Å²) in [6.07, 6.45) is 6.00. The molecule has 8 heteroatoms. The van der Waals surface area contributed by atoms with Crippen molar-refractivity contribution in [2.75, 3.05) is 31.1 Å². The number of hydrogen-bond acceptors (Lipinski definition) is 5. The molecule has 0 aromatic heterocycles. The zero-order chi connectivity index (χ0) is 20.4. The van der Waals surface area contributed by atoms with Crippen LogP contribution in [0.3, 0.4) is 0 Å². The Kier molecular flexibility index (Phi) is 5.69. The molecule has 0 saturated carbocycles. The Morgan fingerprint density at radius 1 is 1.24 bits per heavy atom. The average molecular weight is 400 g/mol. The average Bonchev–Trinajstić information content (AvgIpc) is 3.14. The molecule has 4 rings (SSSR count). The number of non-ortho nitro benzene ring substituents is 1. The van der Waals surface area contributed by atoms with E-state index in [0.717, 1.165) is 56.4 Å². The summed E-state index contributed by atoms with van der Waals surface area (Å²) < 4.78 is 0. The largest absolute Gasteiger partial charge is 0.368 e. The van der Waals surface area contributed by atoms with Gasteiger partial charge in [-0.2, -0.15) is 0 Å². The van der Waals surface area contributed by atoms with Gasteiger partial charge in [-0.05, 0) is 50.2 Å². The molecule has 0 unspecified atom stereocenters. The molecular formula is C21H28N4O4. The molecule has 156 valence electrons. The maximum Gasteiger partial charge on any atom is 0.269 e. The summed E-state index contributed by atoms with van der Waals surface area (Å²) in [7, 11) is 0. The molecule has 2 amide bonds. The maximum absolute atomic E-state index is 13.0. The Hall–Kier alpha value is -2.64. The molecule has 1 N–H and O–H groups in total. The Balaban J connectivity index is 1.42. The first-order chi connectivity index (χ1) is 14.0. The van der Waals surface area contributed by atoms with Crippen LogP contribution in [0, 0.1) is 16.0 Å². The third kappa shape index (κ3) is 4.06. The van der Waals surface area contributed by atoms with Crippen molar-refractivity contribution in [1.82, 2.24) is 10.2 Å². The van der Waals surface area contributed by atoms with Crippen LogP contribution in [0.15, 0.2) is 18.2 Å². The number of carbonyl (C=O) groups is 2. The van der Waals surface area contributed by atoms with Crippen LogP contribution >= 0.6 is 0 Å². The van der Waals surface area contributed by atoms with E-state index < -0.39 is 0 Å². The number of benzene rings is 1. The maximum atomic E-state index is 13.0. The van der Waals surface area contributed by atoms with E-state index in [9.17, 15) is 19.7 Å². The van der Waals surface area contributed by atoms with Crippen LogP contribution in [0.4, 0.5) is 11.4 Å². The van der Waals surface area contributed by atoms with E-state index in [4.69, 9.17) is 0 Å². The van der Waals surface area contributed by atoms with Gasteiger partial charge in [-0.25, -0.2) is 0 Å². The number of amides is 2. The first-order valence-electron chi connectivity index (χ1n) is 10.6. The third-order valence-electron chi connectivity index (χ3n) is 6.45. The second kappa shape index (κ2) is 8.39. The van der Waals surface area contributed by atoms with Crippen molar-refractivity contribution < 1.29 is 14.5 Å². The van der Waals surface area contributed by atoms with Crippen LogP contribution in [0.5, 0.6) is 0 Å². The molecular weight excluding hydrogens is 372 g/mol. The SMILES string of the molecule is O=C(NCCCN1CCCC1=O)[C@@H]1Cc2cc([N+](=O)[O-])ccc2N2CCCC[C@H]12. The molecule has 3 aliphatic rings. The highest BCUT2D eigenvalue weighted by molar-refractivity contribution is 5.82. The second-order valence-electron chi connectivity index (χ2n) is 8.27. The molecule has 0 spiro atoms. The minimum Gasteiger partial charge on any atom is -0.368 e. The zero-order valence-corrected chi connectivity index (χ0v) is 16.6. The molecule has 3 heterocycles. The first kappa shape index (κ1) is 19.7. The zero-order valence-electron chi connectivity index (χ0n) is 16.6. The van der Waals surface area contributed by atoms with E-state index in [-0.39, 0.29) is 34.4 Å². The van der Waals surface area contributed by atoms with Crippen molar-refractivity contribution in [2.24, 2.45) is 5.92 Å². The number of piperidine rings is 1. The topological polar surface area (TPSA) is 95.8 Å². The molecule has 1 aromatic rings. The summed E-state index contributed by atoms with van der Waals surface area (Å²) in [5.41, 5.74) is 2.01. The number of anilines is 1.